The summed E-state index contributed by atoms with van der Waals surface area (Å²) in [5, 5.41) is 17.1. The third kappa shape index (κ3) is 5.84. The molecule has 0 unspecified atom stereocenters. The molecule has 17 heavy (non-hydrogen) atoms. The first kappa shape index (κ1) is 14.9. The van der Waals surface area contributed by atoms with Gasteiger partial charge in [0.25, 0.3) is 0 Å². The summed E-state index contributed by atoms with van der Waals surface area (Å²) in [7, 11) is 0. The van der Waals surface area contributed by atoms with E-state index in [0.29, 0.717) is 5.92 Å². The lowest BCUT2D eigenvalue weighted by atomic mass is 10.0. The van der Waals surface area contributed by atoms with Gasteiger partial charge in [-0.3, -0.25) is 0 Å². The lowest BCUT2D eigenvalue weighted by molar-refractivity contribution is 0.133. The fraction of sp³-hybridized carbons (Fsp3) is 1.00. The second kappa shape index (κ2) is 5.25. The van der Waals surface area contributed by atoms with E-state index in [1.165, 1.54) is 0 Å². The fourth-order valence-electron chi connectivity index (χ4n) is 2.45. The lowest BCUT2D eigenvalue weighted by Gasteiger charge is -2.28. The first-order chi connectivity index (χ1) is 7.57. The smallest absolute Gasteiger partial charge is 0.0696 e. The van der Waals surface area contributed by atoms with Gasteiger partial charge in [0.05, 0.1) is 6.10 Å². The van der Waals surface area contributed by atoms with Crippen LogP contribution in [0, 0.1) is 5.92 Å². The molecule has 102 valence electrons. The van der Waals surface area contributed by atoms with Crippen molar-refractivity contribution in [2.24, 2.45) is 5.92 Å². The predicted octanol–water partition coefficient (Wildman–Crippen LogP) is 1.90. The minimum atomic E-state index is -0.194. The van der Waals surface area contributed by atoms with E-state index in [-0.39, 0.29) is 23.2 Å². The second-order valence-corrected chi connectivity index (χ2v) is 7.54. The van der Waals surface area contributed by atoms with Crippen molar-refractivity contribution in [3.63, 3.8) is 0 Å². The summed E-state index contributed by atoms with van der Waals surface area (Å²) in [6.45, 7) is 14.0. The molecule has 0 saturated heterocycles. The normalized spacial score (nSPS) is 30.9. The molecule has 1 aliphatic carbocycles. The zero-order valence-electron chi connectivity index (χ0n) is 12.3. The summed E-state index contributed by atoms with van der Waals surface area (Å²) < 4.78 is 0. The van der Waals surface area contributed by atoms with E-state index in [1.807, 2.05) is 0 Å². The Kier molecular flexibility index (Phi) is 4.61. The van der Waals surface area contributed by atoms with Gasteiger partial charge in [-0.1, -0.05) is 0 Å². The molecule has 0 bridgehead atoms. The maximum absolute atomic E-state index is 10.1. The molecule has 0 spiro atoms. The molecule has 0 heterocycles. The number of nitrogens with one attached hydrogen (secondary N) is 2. The zero-order chi connectivity index (χ0) is 13.3. The van der Waals surface area contributed by atoms with E-state index < -0.39 is 0 Å². The SMILES string of the molecule is CC(C)(C)NC[C@H]1C[C@H](O)[C@H](NC(C)(C)C)C1. The number of hydrogen-bond donors (Lipinski definition) is 3. The van der Waals surface area contributed by atoms with E-state index in [0.717, 1.165) is 19.4 Å². The molecule has 3 nitrogen and oxygen atoms in total. The van der Waals surface area contributed by atoms with Crippen LogP contribution in [0.4, 0.5) is 0 Å². The van der Waals surface area contributed by atoms with Crippen molar-refractivity contribution < 1.29 is 5.11 Å². The van der Waals surface area contributed by atoms with Crippen molar-refractivity contribution in [1.82, 2.24) is 10.6 Å². The van der Waals surface area contributed by atoms with Gasteiger partial charge in [0, 0.05) is 17.1 Å². The van der Waals surface area contributed by atoms with Crippen LogP contribution in [-0.2, 0) is 0 Å². The molecule has 0 radical (unpaired) electrons. The lowest BCUT2D eigenvalue weighted by Crippen LogP contribution is -2.47. The maximum Gasteiger partial charge on any atom is 0.0696 e. The summed E-state index contributed by atoms with van der Waals surface area (Å²) in [4.78, 5) is 0. The Labute approximate surface area is 106 Å². The van der Waals surface area contributed by atoms with E-state index in [9.17, 15) is 5.11 Å². The van der Waals surface area contributed by atoms with Crippen LogP contribution in [0.3, 0.4) is 0 Å². The van der Waals surface area contributed by atoms with E-state index in [4.69, 9.17) is 0 Å². The second-order valence-electron chi connectivity index (χ2n) is 7.54. The molecule has 0 aliphatic heterocycles. The summed E-state index contributed by atoms with van der Waals surface area (Å²) in [5.74, 6) is 0.587. The Morgan fingerprint density at radius 1 is 1.00 bits per heavy atom. The van der Waals surface area contributed by atoms with Crippen LogP contribution < -0.4 is 10.6 Å². The first-order valence-electron chi connectivity index (χ1n) is 6.78. The Morgan fingerprint density at radius 2 is 1.59 bits per heavy atom. The maximum atomic E-state index is 10.1. The van der Waals surface area contributed by atoms with Crippen LogP contribution in [0.15, 0.2) is 0 Å². The van der Waals surface area contributed by atoms with Gasteiger partial charge in [-0.25, -0.2) is 0 Å². The van der Waals surface area contributed by atoms with E-state index in [1.54, 1.807) is 0 Å². The number of aliphatic hydroxyl groups excluding tert-OH is 1. The van der Waals surface area contributed by atoms with Crippen molar-refractivity contribution in [3.8, 4) is 0 Å². The summed E-state index contributed by atoms with van der Waals surface area (Å²) in [5.41, 5.74) is 0.248. The molecule has 3 N–H and O–H groups in total. The highest BCUT2D eigenvalue weighted by Gasteiger charge is 2.34. The van der Waals surface area contributed by atoms with Crippen LogP contribution >= 0.6 is 0 Å². The molecule has 1 rings (SSSR count). The van der Waals surface area contributed by atoms with E-state index >= 15 is 0 Å². The largest absolute Gasteiger partial charge is 0.391 e. The Balaban J connectivity index is 2.39. The van der Waals surface area contributed by atoms with Crippen molar-refractivity contribution in [1.29, 1.82) is 0 Å². The minimum Gasteiger partial charge on any atom is -0.391 e. The third-order valence-corrected chi connectivity index (χ3v) is 3.17. The Bertz CT molecular complexity index is 240. The number of aliphatic hydroxyl groups is 1. The molecular weight excluding hydrogens is 212 g/mol. The first-order valence-corrected chi connectivity index (χ1v) is 6.78. The van der Waals surface area contributed by atoms with Gasteiger partial charge in [0.1, 0.15) is 0 Å². The van der Waals surface area contributed by atoms with Crippen molar-refractivity contribution in [2.75, 3.05) is 6.54 Å². The predicted molar refractivity (Wildman–Crippen MR) is 73.2 cm³/mol. The van der Waals surface area contributed by atoms with Crippen molar-refractivity contribution in [2.45, 2.75) is 77.6 Å². The van der Waals surface area contributed by atoms with Crippen LogP contribution in [0.25, 0.3) is 0 Å². The highest BCUT2D eigenvalue weighted by atomic mass is 16.3. The van der Waals surface area contributed by atoms with Crippen LogP contribution in [0.5, 0.6) is 0 Å². The minimum absolute atomic E-state index is 0.0813. The molecule has 1 saturated carbocycles. The molecule has 0 aromatic carbocycles. The van der Waals surface area contributed by atoms with Gasteiger partial charge in [0.2, 0.25) is 0 Å². The Morgan fingerprint density at radius 3 is 2.06 bits per heavy atom. The average Bonchev–Trinajstić information content (AvgIpc) is 2.40. The van der Waals surface area contributed by atoms with Crippen LogP contribution in [0.2, 0.25) is 0 Å². The topological polar surface area (TPSA) is 44.3 Å². The molecule has 0 amide bonds. The van der Waals surface area contributed by atoms with E-state index in [2.05, 4.69) is 52.2 Å². The third-order valence-electron chi connectivity index (χ3n) is 3.17. The molecule has 1 aliphatic rings. The molecule has 0 aromatic heterocycles. The summed E-state index contributed by atoms with van der Waals surface area (Å²) in [6.07, 6.45) is 1.79. The van der Waals surface area contributed by atoms with Gasteiger partial charge >= 0.3 is 0 Å². The average molecular weight is 242 g/mol. The number of rotatable bonds is 3. The van der Waals surface area contributed by atoms with Gasteiger partial charge in [0.15, 0.2) is 0 Å². The van der Waals surface area contributed by atoms with Crippen molar-refractivity contribution >= 4 is 0 Å². The van der Waals surface area contributed by atoms with Gasteiger partial charge < -0.3 is 15.7 Å². The quantitative estimate of drug-likeness (QED) is 0.708. The number of hydrogen-bond acceptors (Lipinski definition) is 3. The standard InChI is InChI=1S/C14H30N2O/c1-13(2,3)15-9-10-7-11(12(17)8-10)16-14(4,5)6/h10-12,15-17H,7-9H2,1-6H3/t10-,11-,12+/m1/s1. The monoisotopic (exact) mass is 242 g/mol. The van der Waals surface area contributed by atoms with Gasteiger partial charge in [-0.05, 0) is 66.8 Å². The molecule has 1 fully saturated rings. The summed E-state index contributed by atoms with van der Waals surface area (Å²) in [6, 6.07) is 0.252. The fourth-order valence-corrected chi connectivity index (χ4v) is 2.45. The summed E-state index contributed by atoms with van der Waals surface area (Å²) >= 11 is 0. The molecule has 3 heteroatoms. The van der Waals surface area contributed by atoms with Crippen LogP contribution in [-0.4, -0.2) is 34.9 Å². The van der Waals surface area contributed by atoms with Gasteiger partial charge in [-0.2, -0.15) is 0 Å². The highest BCUT2D eigenvalue weighted by Crippen LogP contribution is 2.27. The highest BCUT2D eigenvalue weighted by molar-refractivity contribution is 4.93. The zero-order valence-corrected chi connectivity index (χ0v) is 12.3. The van der Waals surface area contributed by atoms with Gasteiger partial charge in [-0.15, -0.1) is 0 Å². The molecule has 3 atom stereocenters. The van der Waals surface area contributed by atoms with Crippen molar-refractivity contribution in [3.05, 3.63) is 0 Å². The Hall–Kier alpha value is -0.120. The molecular formula is C14H30N2O. The molecule has 0 aromatic rings. The van der Waals surface area contributed by atoms with Crippen LogP contribution in [0.1, 0.15) is 54.4 Å².